The lowest BCUT2D eigenvalue weighted by Gasteiger charge is -2.21. The first-order valence-corrected chi connectivity index (χ1v) is 7.82. The lowest BCUT2D eigenvalue weighted by atomic mass is 10.3. The summed E-state index contributed by atoms with van der Waals surface area (Å²) in [6, 6.07) is 0. The number of methoxy groups -OCH3 is 1. The molecule has 0 bridgehead atoms. The molecule has 118 valence electrons. The van der Waals surface area contributed by atoms with Crippen molar-refractivity contribution in [2.45, 2.75) is 12.8 Å². The smallest absolute Gasteiger partial charge is 0.257 e. The number of thiol groups is 1. The Morgan fingerprint density at radius 3 is 2.45 bits per heavy atom. The van der Waals surface area contributed by atoms with E-state index in [-0.39, 0.29) is 6.61 Å². The zero-order chi connectivity index (χ0) is 14.6. The van der Waals surface area contributed by atoms with Gasteiger partial charge in [-0.1, -0.05) is 0 Å². The Morgan fingerprint density at radius 1 is 1.00 bits per heavy atom. The normalized spacial score (nSPS) is 14.7. The van der Waals surface area contributed by atoms with Gasteiger partial charge in [-0.3, -0.25) is 4.18 Å². The zero-order valence-electron chi connectivity index (χ0n) is 11.9. The fraction of sp³-hybridized carbons (Fsp3) is 0.833. The number of rotatable bonds is 12. The summed E-state index contributed by atoms with van der Waals surface area (Å²) in [7, 11) is -1.05. The van der Waals surface area contributed by atoms with E-state index in [0.29, 0.717) is 19.8 Å². The van der Waals surface area contributed by atoms with E-state index in [1.54, 1.807) is 7.11 Å². The molecule has 0 spiro atoms. The van der Waals surface area contributed by atoms with Gasteiger partial charge in [0.25, 0.3) is 11.0 Å². The van der Waals surface area contributed by atoms with E-state index in [9.17, 15) is 8.42 Å². The third-order valence-corrected chi connectivity index (χ3v) is 3.24. The molecule has 0 aliphatic carbocycles. The van der Waals surface area contributed by atoms with Gasteiger partial charge in [-0.25, -0.2) is 8.42 Å². The molecule has 1 aliphatic rings. The van der Waals surface area contributed by atoms with Crippen LogP contribution in [-0.2, 0) is 24.6 Å². The monoisotopic (exact) mass is 308 g/mol. The third kappa shape index (κ3) is 8.36. The molecule has 0 aromatic carbocycles. The zero-order valence-corrected chi connectivity index (χ0v) is 12.8. The van der Waals surface area contributed by atoms with Crippen molar-refractivity contribution in [2.75, 3.05) is 53.3 Å². The van der Waals surface area contributed by atoms with E-state index in [1.807, 2.05) is 12.4 Å². The largest absolute Gasteiger partial charge is 0.382 e. The van der Waals surface area contributed by atoms with Gasteiger partial charge >= 0.3 is 0 Å². The second kappa shape index (κ2) is 10.9. The minimum absolute atomic E-state index is 0.271. The van der Waals surface area contributed by atoms with Crippen molar-refractivity contribution in [3.05, 3.63) is 12.4 Å². The first kappa shape index (κ1) is 17.2. The van der Waals surface area contributed by atoms with Crippen LogP contribution in [0.15, 0.2) is 12.4 Å². The van der Waals surface area contributed by atoms with Crippen molar-refractivity contribution < 1.29 is 22.1 Å². The molecule has 0 saturated carbocycles. The van der Waals surface area contributed by atoms with E-state index in [4.69, 9.17) is 9.47 Å². The van der Waals surface area contributed by atoms with Crippen LogP contribution in [0.5, 0.6) is 0 Å². The summed E-state index contributed by atoms with van der Waals surface area (Å²) in [5.41, 5.74) is 0. The molecule has 8 heteroatoms. The number of hydrogen-bond donors (Lipinski definition) is 1. The Bertz CT molecular complexity index is 341. The Hall–Kier alpha value is -0.830. The summed E-state index contributed by atoms with van der Waals surface area (Å²) in [4.78, 5) is 4.37. The number of ether oxygens (including phenoxy) is 2. The van der Waals surface area contributed by atoms with Crippen LogP contribution in [0, 0.1) is 0 Å². The van der Waals surface area contributed by atoms with Crippen molar-refractivity contribution in [2.24, 2.45) is 0 Å². The quantitative estimate of drug-likeness (QED) is 0.402. The predicted molar refractivity (Wildman–Crippen MR) is 75.6 cm³/mol. The molecular weight excluding hydrogens is 284 g/mol. The fourth-order valence-corrected chi connectivity index (χ4v) is 2.07. The average Bonchev–Trinajstić information content (AvgIpc) is 2.86. The second-order valence-corrected chi connectivity index (χ2v) is 5.14. The Morgan fingerprint density at radius 2 is 1.75 bits per heavy atom. The number of nitrogens with zero attached hydrogens (tertiary/aromatic N) is 2. The Balaban J connectivity index is 1.96. The third-order valence-electron chi connectivity index (χ3n) is 2.84. The standard InChI is InChI=1S/C12H24N2O5S/c1-17-10-11-18-9-7-14-6-5-13(12-14)4-2-3-8-19-20(15)16/h5-6,20H,2-4,7-12H2,1H3. The molecule has 1 heterocycles. The Kier molecular flexibility index (Phi) is 9.38. The molecule has 0 aromatic heterocycles. The maximum Gasteiger partial charge on any atom is 0.257 e. The highest BCUT2D eigenvalue weighted by Crippen LogP contribution is 2.07. The van der Waals surface area contributed by atoms with Crippen molar-refractivity contribution in [3.8, 4) is 0 Å². The topological polar surface area (TPSA) is 68.3 Å². The summed E-state index contributed by atoms with van der Waals surface area (Å²) in [6.45, 7) is 4.81. The van der Waals surface area contributed by atoms with Crippen LogP contribution in [-0.4, -0.2) is 71.5 Å². The molecule has 1 aliphatic heterocycles. The van der Waals surface area contributed by atoms with Gasteiger partial charge in [0.1, 0.15) is 0 Å². The van der Waals surface area contributed by atoms with Crippen molar-refractivity contribution >= 4 is 11.0 Å². The van der Waals surface area contributed by atoms with Crippen LogP contribution in [0.25, 0.3) is 0 Å². The highest BCUT2D eigenvalue weighted by atomic mass is 32.2. The van der Waals surface area contributed by atoms with Crippen LogP contribution in [0.3, 0.4) is 0 Å². The maximum absolute atomic E-state index is 10.2. The van der Waals surface area contributed by atoms with Crippen molar-refractivity contribution in [1.29, 1.82) is 0 Å². The van der Waals surface area contributed by atoms with Gasteiger partial charge in [0.05, 0.1) is 33.1 Å². The average molecular weight is 308 g/mol. The number of unbranched alkanes of at least 4 members (excludes halogenated alkanes) is 1. The summed E-state index contributed by atoms with van der Waals surface area (Å²) >= 11 is 0. The van der Waals surface area contributed by atoms with E-state index in [2.05, 4.69) is 14.0 Å². The van der Waals surface area contributed by atoms with E-state index in [1.165, 1.54) is 0 Å². The molecule has 0 radical (unpaired) electrons. The Labute approximate surface area is 122 Å². The van der Waals surface area contributed by atoms with Gasteiger partial charge in [-0.05, 0) is 12.8 Å². The predicted octanol–water partition coefficient (Wildman–Crippen LogP) is 0.0189. The molecule has 7 nitrogen and oxygen atoms in total. The van der Waals surface area contributed by atoms with Crippen LogP contribution < -0.4 is 0 Å². The van der Waals surface area contributed by atoms with Gasteiger partial charge in [-0.15, -0.1) is 0 Å². The molecule has 0 fully saturated rings. The maximum atomic E-state index is 10.2. The molecule has 0 atom stereocenters. The molecule has 0 amide bonds. The van der Waals surface area contributed by atoms with Crippen LogP contribution in [0.1, 0.15) is 12.8 Å². The highest BCUT2D eigenvalue weighted by molar-refractivity contribution is 7.67. The molecule has 0 aromatic rings. The van der Waals surface area contributed by atoms with Gasteiger partial charge < -0.3 is 19.3 Å². The van der Waals surface area contributed by atoms with E-state index < -0.39 is 11.0 Å². The summed E-state index contributed by atoms with van der Waals surface area (Å²) in [5.74, 6) is 0. The van der Waals surface area contributed by atoms with Gasteiger partial charge in [0, 0.05) is 32.6 Å². The van der Waals surface area contributed by atoms with Crippen molar-refractivity contribution in [3.63, 3.8) is 0 Å². The number of hydrogen-bond acceptors (Lipinski definition) is 7. The van der Waals surface area contributed by atoms with Crippen LogP contribution in [0.2, 0.25) is 0 Å². The first-order valence-electron chi connectivity index (χ1n) is 6.73. The van der Waals surface area contributed by atoms with Crippen molar-refractivity contribution in [1.82, 2.24) is 9.80 Å². The van der Waals surface area contributed by atoms with Gasteiger partial charge in [-0.2, -0.15) is 0 Å². The molecule has 20 heavy (non-hydrogen) atoms. The van der Waals surface area contributed by atoms with Gasteiger partial charge in [0.2, 0.25) is 0 Å². The van der Waals surface area contributed by atoms with E-state index in [0.717, 1.165) is 32.6 Å². The lowest BCUT2D eigenvalue weighted by Crippen LogP contribution is -2.28. The molecule has 0 saturated heterocycles. The summed E-state index contributed by atoms with van der Waals surface area (Å²) in [5, 5.41) is 0. The highest BCUT2D eigenvalue weighted by Gasteiger charge is 2.11. The van der Waals surface area contributed by atoms with Crippen LogP contribution >= 0.6 is 0 Å². The lowest BCUT2D eigenvalue weighted by molar-refractivity contribution is 0.0607. The molecule has 0 N–H and O–H groups in total. The minimum Gasteiger partial charge on any atom is -0.382 e. The van der Waals surface area contributed by atoms with Gasteiger partial charge in [0.15, 0.2) is 0 Å². The summed E-state index contributed by atoms with van der Waals surface area (Å²) < 4.78 is 35.2. The molecule has 1 rings (SSSR count). The second-order valence-electron chi connectivity index (χ2n) is 4.43. The first-order chi connectivity index (χ1) is 9.72. The molecule has 0 unspecified atom stereocenters. The summed E-state index contributed by atoms with van der Waals surface area (Å²) in [6.07, 6.45) is 5.74. The SMILES string of the molecule is COCCOCCN1C=CN(CCCCO[SH](=O)=O)C1. The fourth-order valence-electron chi connectivity index (χ4n) is 1.79. The molecular formula is C12H24N2O5S. The minimum atomic E-state index is -2.70. The van der Waals surface area contributed by atoms with Crippen LogP contribution in [0.4, 0.5) is 0 Å². The van der Waals surface area contributed by atoms with E-state index >= 15 is 0 Å².